The highest BCUT2D eigenvalue weighted by Gasteiger charge is 2.17. The fourth-order valence-corrected chi connectivity index (χ4v) is 5.51. The Kier molecular flexibility index (Phi) is 8.64. The molecule has 0 spiro atoms. The molecule has 3 heterocycles. The Morgan fingerprint density at radius 1 is 1.02 bits per heavy atom. The van der Waals surface area contributed by atoms with E-state index in [4.69, 9.17) is 9.47 Å². The van der Waals surface area contributed by atoms with E-state index >= 15 is 4.39 Å². The van der Waals surface area contributed by atoms with Gasteiger partial charge in [-0.2, -0.15) is 0 Å². The molecule has 0 atom stereocenters. The van der Waals surface area contributed by atoms with Crippen LogP contribution in [0.1, 0.15) is 22.4 Å². The molecule has 0 aliphatic heterocycles. The molecule has 0 aliphatic carbocycles. The van der Waals surface area contributed by atoms with Crippen molar-refractivity contribution in [3.63, 3.8) is 0 Å². The molecule has 206 valence electrons. The summed E-state index contributed by atoms with van der Waals surface area (Å²) in [5, 5.41) is 3.33. The predicted molar refractivity (Wildman–Crippen MR) is 155 cm³/mol. The number of aryl methyl sites for hydroxylation is 1. The van der Waals surface area contributed by atoms with Gasteiger partial charge in [0.25, 0.3) is 0 Å². The minimum Gasteiger partial charge on any atom is -0.453 e. The molecule has 5 rings (SSSR count). The number of Topliss-reactive ketones (excluding diaryl/α,β-unsaturated/α-hetero) is 1. The van der Waals surface area contributed by atoms with Crippen LogP contribution >= 0.6 is 11.3 Å². The molecule has 2 aromatic carbocycles. The number of benzene rings is 2. The second-order valence-electron chi connectivity index (χ2n) is 9.68. The number of rotatable bonds is 12. The van der Waals surface area contributed by atoms with Gasteiger partial charge in [0.15, 0.2) is 11.6 Å². The average molecular weight is 559 g/mol. The first-order chi connectivity index (χ1) is 19.4. The molecule has 0 bridgehead atoms. The van der Waals surface area contributed by atoms with Crippen LogP contribution in [0.4, 0.5) is 4.39 Å². The summed E-state index contributed by atoms with van der Waals surface area (Å²) in [6.07, 6.45) is 3.98. The van der Waals surface area contributed by atoms with Gasteiger partial charge in [-0.1, -0.05) is 35.9 Å². The maximum absolute atomic E-state index is 15.1. The first-order valence-corrected chi connectivity index (χ1v) is 13.9. The van der Waals surface area contributed by atoms with Gasteiger partial charge in [-0.15, -0.1) is 11.3 Å². The summed E-state index contributed by atoms with van der Waals surface area (Å²) >= 11 is 1.50. The zero-order chi connectivity index (χ0) is 28.1. The monoisotopic (exact) mass is 558 g/mol. The first-order valence-electron chi connectivity index (χ1n) is 13.0. The molecule has 3 aromatic heterocycles. The number of nitrogens with one attached hydrogen (secondary N) is 1. The summed E-state index contributed by atoms with van der Waals surface area (Å²) in [4.78, 5) is 22.6. The molecule has 0 amide bonds. The highest BCUT2D eigenvalue weighted by molar-refractivity contribution is 7.22. The Labute approximate surface area is 236 Å². The zero-order valence-corrected chi connectivity index (χ0v) is 23.6. The van der Waals surface area contributed by atoms with E-state index in [-0.39, 0.29) is 18.0 Å². The lowest BCUT2D eigenvalue weighted by atomic mass is 10.0. The van der Waals surface area contributed by atoms with Gasteiger partial charge in [0.1, 0.15) is 17.4 Å². The van der Waals surface area contributed by atoms with Gasteiger partial charge in [0, 0.05) is 52.4 Å². The predicted octanol–water partition coefficient (Wildman–Crippen LogP) is 6.03. The van der Waals surface area contributed by atoms with Gasteiger partial charge < -0.3 is 19.4 Å². The standard InChI is InChI=1S/C31H31FN4O3S/c1-20-4-6-21(7-5-20)14-24(37)15-22-8-9-27(25(32)16-22)39-28-10-11-34-26-17-29(40-30(26)28)31-35-19-23(36(31)2)18-33-12-13-38-3/h4-11,16-17,19,33H,12-15,18H2,1-3H3. The van der Waals surface area contributed by atoms with Crippen LogP contribution in [0.15, 0.2) is 67.0 Å². The topological polar surface area (TPSA) is 78.3 Å². The number of ketones is 1. The third-order valence-electron chi connectivity index (χ3n) is 6.61. The van der Waals surface area contributed by atoms with Gasteiger partial charge in [0.05, 0.1) is 33.6 Å². The number of ether oxygens (including phenoxy) is 2. The van der Waals surface area contributed by atoms with Crippen LogP contribution in [0.25, 0.3) is 20.9 Å². The van der Waals surface area contributed by atoms with Gasteiger partial charge in [-0.3, -0.25) is 9.78 Å². The summed E-state index contributed by atoms with van der Waals surface area (Å²) in [5.41, 5.74) is 4.51. The largest absolute Gasteiger partial charge is 0.453 e. The third-order valence-corrected chi connectivity index (χ3v) is 7.74. The minimum atomic E-state index is -0.517. The maximum atomic E-state index is 15.1. The van der Waals surface area contributed by atoms with Crippen molar-refractivity contribution in [3.05, 3.63) is 95.2 Å². The number of thiophene rings is 1. The van der Waals surface area contributed by atoms with Gasteiger partial charge in [-0.05, 0) is 36.2 Å². The molecular weight excluding hydrogens is 527 g/mol. The lowest BCUT2D eigenvalue weighted by molar-refractivity contribution is -0.117. The summed E-state index contributed by atoms with van der Waals surface area (Å²) < 4.78 is 29.0. The Morgan fingerprint density at radius 2 is 1.80 bits per heavy atom. The van der Waals surface area contributed by atoms with Crippen LogP contribution in [0.2, 0.25) is 0 Å². The van der Waals surface area contributed by atoms with Crippen LogP contribution in [0.3, 0.4) is 0 Å². The van der Waals surface area contributed by atoms with Crippen LogP contribution in [0, 0.1) is 12.7 Å². The molecule has 5 aromatic rings. The lowest BCUT2D eigenvalue weighted by Crippen LogP contribution is -2.20. The number of hydrogen-bond donors (Lipinski definition) is 1. The number of fused-ring (bicyclic) bond motifs is 1. The molecule has 0 aliphatic rings. The molecule has 7 nitrogen and oxygen atoms in total. The Morgan fingerprint density at radius 3 is 2.58 bits per heavy atom. The van der Waals surface area contributed by atoms with Crippen molar-refractivity contribution in [3.8, 4) is 22.2 Å². The minimum absolute atomic E-state index is 0.0297. The molecule has 9 heteroatoms. The van der Waals surface area contributed by atoms with E-state index < -0.39 is 5.82 Å². The molecule has 1 N–H and O–H groups in total. The Bertz CT molecular complexity index is 1630. The molecule has 0 fully saturated rings. The quantitative estimate of drug-likeness (QED) is 0.189. The SMILES string of the molecule is COCCNCc1cnc(-c2cc3nccc(Oc4ccc(CC(=O)Cc5ccc(C)cc5)cc4F)c3s2)n1C. The van der Waals surface area contributed by atoms with Gasteiger partial charge >= 0.3 is 0 Å². The van der Waals surface area contributed by atoms with Crippen molar-refractivity contribution in [2.24, 2.45) is 7.05 Å². The number of carbonyl (C=O) groups excluding carboxylic acids is 1. The summed E-state index contributed by atoms with van der Waals surface area (Å²) in [5.74, 6) is 0.945. The van der Waals surface area contributed by atoms with Crippen molar-refractivity contribution in [2.75, 3.05) is 20.3 Å². The van der Waals surface area contributed by atoms with Crippen molar-refractivity contribution < 1.29 is 18.7 Å². The number of hydrogen-bond acceptors (Lipinski definition) is 7. The number of imidazole rings is 1. The molecule has 40 heavy (non-hydrogen) atoms. The van der Waals surface area contributed by atoms with Crippen molar-refractivity contribution >= 4 is 27.3 Å². The number of methoxy groups -OCH3 is 1. The average Bonchev–Trinajstić information content (AvgIpc) is 3.53. The zero-order valence-electron chi connectivity index (χ0n) is 22.7. The third kappa shape index (κ3) is 6.44. The molecular formula is C31H31FN4O3S. The fraction of sp³-hybridized carbons (Fsp3) is 0.258. The normalized spacial score (nSPS) is 11.3. The van der Waals surface area contributed by atoms with Crippen LogP contribution in [-0.2, 0) is 36.0 Å². The van der Waals surface area contributed by atoms with Crippen molar-refractivity contribution in [1.29, 1.82) is 0 Å². The molecule has 0 saturated carbocycles. The van der Waals surface area contributed by atoms with E-state index in [0.717, 1.165) is 44.3 Å². The Hall–Kier alpha value is -3.92. The van der Waals surface area contributed by atoms with E-state index in [2.05, 4.69) is 15.3 Å². The number of carbonyl (C=O) groups is 1. The molecule has 0 radical (unpaired) electrons. The van der Waals surface area contributed by atoms with Crippen LogP contribution in [-0.4, -0.2) is 40.6 Å². The van der Waals surface area contributed by atoms with E-state index in [9.17, 15) is 4.79 Å². The smallest absolute Gasteiger partial charge is 0.166 e. The van der Waals surface area contributed by atoms with Gasteiger partial charge in [0.2, 0.25) is 0 Å². The first kappa shape index (κ1) is 27.6. The van der Waals surface area contributed by atoms with Crippen molar-refractivity contribution in [1.82, 2.24) is 19.9 Å². The van der Waals surface area contributed by atoms with Crippen molar-refractivity contribution in [2.45, 2.75) is 26.3 Å². The fourth-order valence-electron chi connectivity index (χ4n) is 4.41. The molecule has 0 saturated heterocycles. The van der Waals surface area contributed by atoms with E-state index in [1.165, 1.54) is 17.4 Å². The van der Waals surface area contributed by atoms with E-state index in [1.54, 1.807) is 31.5 Å². The second kappa shape index (κ2) is 12.5. The number of nitrogens with zero attached hydrogens (tertiary/aromatic N) is 3. The van der Waals surface area contributed by atoms with E-state index in [1.807, 2.05) is 55.1 Å². The number of aromatic nitrogens is 3. The summed E-state index contributed by atoms with van der Waals surface area (Å²) in [6, 6.07) is 16.2. The summed E-state index contributed by atoms with van der Waals surface area (Å²) in [6.45, 7) is 4.08. The van der Waals surface area contributed by atoms with Crippen LogP contribution < -0.4 is 10.1 Å². The summed E-state index contributed by atoms with van der Waals surface area (Å²) in [7, 11) is 3.66. The van der Waals surface area contributed by atoms with Gasteiger partial charge in [-0.25, -0.2) is 9.37 Å². The Balaban J connectivity index is 1.29. The van der Waals surface area contributed by atoms with Crippen LogP contribution in [0.5, 0.6) is 11.5 Å². The lowest BCUT2D eigenvalue weighted by Gasteiger charge is -2.09. The maximum Gasteiger partial charge on any atom is 0.166 e. The molecule has 0 unspecified atom stereocenters. The highest BCUT2D eigenvalue weighted by Crippen LogP contribution is 2.39. The second-order valence-corrected chi connectivity index (χ2v) is 10.7. The number of pyridine rings is 1. The highest BCUT2D eigenvalue weighted by atomic mass is 32.1. The number of halogens is 1. The van der Waals surface area contributed by atoms with E-state index in [0.29, 0.717) is 30.9 Å².